The van der Waals surface area contributed by atoms with Gasteiger partial charge in [-0.2, -0.15) is 0 Å². The molecule has 3 N–H and O–H groups in total. The lowest BCUT2D eigenvalue weighted by molar-refractivity contribution is 0.0949. The number of thiophene rings is 1. The largest absolute Gasteiger partial charge is 0.465 e. The Morgan fingerprint density at radius 2 is 2.16 bits per heavy atom. The van der Waals surface area contributed by atoms with E-state index in [0.29, 0.717) is 5.76 Å². The van der Waals surface area contributed by atoms with Crippen molar-refractivity contribution in [2.45, 2.75) is 0 Å². The molecule has 0 aliphatic rings. The number of oxazole rings is 1. The quantitative estimate of drug-likeness (QED) is 0.718. The minimum atomic E-state index is -1.13. The van der Waals surface area contributed by atoms with Gasteiger partial charge in [-0.25, -0.2) is 9.78 Å². The number of rotatable bonds is 5. The van der Waals surface area contributed by atoms with Crippen LogP contribution in [0.5, 0.6) is 0 Å². The maximum atomic E-state index is 11.9. The Morgan fingerprint density at radius 3 is 2.84 bits per heavy atom. The van der Waals surface area contributed by atoms with Crippen molar-refractivity contribution < 1.29 is 19.1 Å². The molecule has 8 heteroatoms. The van der Waals surface area contributed by atoms with Gasteiger partial charge in [0.15, 0.2) is 17.8 Å². The van der Waals surface area contributed by atoms with E-state index >= 15 is 0 Å². The molecule has 2 aromatic heterocycles. The van der Waals surface area contributed by atoms with Crippen LogP contribution < -0.4 is 10.6 Å². The molecule has 0 aromatic carbocycles. The fourth-order valence-electron chi connectivity index (χ4n) is 1.42. The molecule has 0 saturated heterocycles. The van der Waals surface area contributed by atoms with E-state index in [1.165, 1.54) is 17.7 Å². The Morgan fingerprint density at radius 1 is 1.37 bits per heavy atom. The van der Waals surface area contributed by atoms with Crippen LogP contribution in [0.3, 0.4) is 0 Å². The van der Waals surface area contributed by atoms with E-state index in [4.69, 9.17) is 9.52 Å². The van der Waals surface area contributed by atoms with Crippen LogP contribution in [0.1, 0.15) is 10.5 Å². The summed E-state index contributed by atoms with van der Waals surface area (Å²) in [5.41, 5.74) is 0.192. The van der Waals surface area contributed by atoms with Gasteiger partial charge < -0.3 is 20.2 Å². The summed E-state index contributed by atoms with van der Waals surface area (Å²) in [6.07, 6.45) is 0.0781. The SMILES string of the molecule is O=C(O)NCCNC(=O)c1ncoc1-c1cccs1. The predicted molar refractivity (Wildman–Crippen MR) is 68.2 cm³/mol. The second-order valence-electron chi connectivity index (χ2n) is 3.50. The zero-order chi connectivity index (χ0) is 13.7. The zero-order valence-electron chi connectivity index (χ0n) is 9.75. The van der Waals surface area contributed by atoms with Crippen molar-refractivity contribution in [1.29, 1.82) is 0 Å². The number of carbonyl (C=O) groups excluding carboxylic acids is 1. The summed E-state index contributed by atoms with van der Waals surface area (Å²) < 4.78 is 5.20. The highest BCUT2D eigenvalue weighted by Crippen LogP contribution is 2.27. The predicted octanol–water partition coefficient (Wildman–Crippen LogP) is 1.40. The lowest BCUT2D eigenvalue weighted by Gasteiger charge is -2.03. The normalized spacial score (nSPS) is 10.1. The van der Waals surface area contributed by atoms with Gasteiger partial charge in [-0.15, -0.1) is 11.3 Å². The molecule has 2 heterocycles. The van der Waals surface area contributed by atoms with E-state index in [1.807, 2.05) is 17.5 Å². The molecule has 0 spiro atoms. The first-order valence-electron chi connectivity index (χ1n) is 5.41. The van der Waals surface area contributed by atoms with Crippen molar-refractivity contribution in [3.05, 3.63) is 29.6 Å². The van der Waals surface area contributed by atoms with Gasteiger partial charge >= 0.3 is 6.09 Å². The van der Waals surface area contributed by atoms with Gasteiger partial charge in [-0.3, -0.25) is 4.79 Å². The van der Waals surface area contributed by atoms with Gasteiger partial charge in [-0.1, -0.05) is 6.07 Å². The topological polar surface area (TPSA) is 104 Å². The Balaban J connectivity index is 1.97. The number of carbonyl (C=O) groups is 2. The standard InChI is InChI=1S/C11H11N3O4S/c15-10(12-3-4-13-11(16)17)8-9(18-6-14-8)7-2-1-5-19-7/h1-2,5-6,13H,3-4H2,(H,12,15)(H,16,17). The number of hydrogen-bond acceptors (Lipinski definition) is 5. The molecule has 0 aliphatic heterocycles. The van der Waals surface area contributed by atoms with Crippen molar-refractivity contribution in [3.8, 4) is 10.6 Å². The molecule has 100 valence electrons. The van der Waals surface area contributed by atoms with E-state index < -0.39 is 12.0 Å². The third kappa shape index (κ3) is 3.32. The molecule has 2 rings (SSSR count). The van der Waals surface area contributed by atoms with E-state index in [-0.39, 0.29) is 18.8 Å². The Kier molecular flexibility index (Phi) is 4.14. The molecule has 2 amide bonds. The summed E-state index contributed by atoms with van der Waals surface area (Å²) in [6.45, 7) is 0.315. The highest BCUT2D eigenvalue weighted by Gasteiger charge is 2.18. The summed E-state index contributed by atoms with van der Waals surface area (Å²) in [5.74, 6) is 0.0167. The molecule has 0 bridgehead atoms. The summed E-state index contributed by atoms with van der Waals surface area (Å²) in [7, 11) is 0. The lowest BCUT2D eigenvalue weighted by Crippen LogP contribution is -2.34. The van der Waals surface area contributed by atoms with E-state index in [1.54, 1.807) is 0 Å². The van der Waals surface area contributed by atoms with Crippen LogP contribution >= 0.6 is 11.3 Å². The average Bonchev–Trinajstić information content (AvgIpc) is 3.02. The number of hydrogen-bond donors (Lipinski definition) is 3. The molecule has 19 heavy (non-hydrogen) atoms. The monoisotopic (exact) mass is 281 g/mol. The zero-order valence-corrected chi connectivity index (χ0v) is 10.6. The van der Waals surface area contributed by atoms with Gasteiger partial charge in [0, 0.05) is 13.1 Å². The van der Waals surface area contributed by atoms with Gasteiger partial charge in [0.2, 0.25) is 0 Å². The highest BCUT2D eigenvalue weighted by atomic mass is 32.1. The van der Waals surface area contributed by atoms with Crippen LogP contribution in [-0.4, -0.2) is 35.2 Å². The minimum Gasteiger partial charge on any atom is -0.465 e. The molecule has 2 aromatic rings. The average molecular weight is 281 g/mol. The number of aromatic nitrogens is 1. The number of nitrogens with zero attached hydrogens (tertiary/aromatic N) is 1. The maximum Gasteiger partial charge on any atom is 0.404 e. The van der Waals surface area contributed by atoms with Crippen LogP contribution in [0.25, 0.3) is 10.6 Å². The maximum absolute atomic E-state index is 11.9. The van der Waals surface area contributed by atoms with Gasteiger partial charge in [0.1, 0.15) is 0 Å². The fourth-order valence-corrected chi connectivity index (χ4v) is 2.13. The first kappa shape index (κ1) is 13.1. The third-order valence-electron chi connectivity index (χ3n) is 2.21. The molecular weight excluding hydrogens is 270 g/mol. The molecule has 0 atom stereocenters. The van der Waals surface area contributed by atoms with Crippen molar-refractivity contribution in [2.75, 3.05) is 13.1 Å². The number of amides is 2. The van der Waals surface area contributed by atoms with E-state index in [0.717, 1.165) is 4.88 Å². The third-order valence-corrected chi connectivity index (χ3v) is 3.08. The number of carboxylic acid groups (broad SMARTS) is 1. The van der Waals surface area contributed by atoms with Crippen molar-refractivity contribution in [3.63, 3.8) is 0 Å². The van der Waals surface area contributed by atoms with E-state index in [2.05, 4.69) is 15.6 Å². The van der Waals surface area contributed by atoms with E-state index in [9.17, 15) is 9.59 Å². The van der Waals surface area contributed by atoms with Gasteiger partial charge in [0.25, 0.3) is 5.91 Å². The summed E-state index contributed by atoms with van der Waals surface area (Å²) in [6, 6.07) is 3.68. The smallest absolute Gasteiger partial charge is 0.404 e. The first-order valence-corrected chi connectivity index (χ1v) is 6.29. The van der Waals surface area contributed by atoms with Gasteiger partial charge in [-0.05, 0) is 11.4 Å². The van der Waals surface area contributed by atoms with Crippen molar-refractivity contribution in [1.82, 2.24) is 15.6 Å². The Hall–Kier alpha value is -2.35. The first-order chi connectivity index (χ1) is 9.18. The second-order valence-corrected chi connectivity index (χ2v) is 4.44. The Bertz CT molecular complexity index is 564. The summed E-state index contributed by atoms with van der Waals surface area (Å²) >= 11 is 1.44. The molecular formula is C11H11N3O4S. The summed E-state index contributed by atoms with van der Waals surface area (Å²) in [5, 5.41) is 15.0. The molecule has 7 nitrogen and oxygen atoms in total. The van der Waals surface area contributed by atoms with Crippen molar-refractivity contribution >= 4 is 23.3 Å². The minimum absolute atomic E-state index is 0.132. The van der Waals surface area contributed by atoms with Crippen LogP contribution in [-0.2, 0) is 0 Å². The van der Waals surface area contributed by atoms with Crippen LogP contribution in [0, 0.1) is 0 Å². The van der Waals surface area contributed by atoms with Gasteiger partial charge in [0.05, 0.1) is 4.88 Å². The van der Waals surface area contributed by atoms with Crippen LogP contribution in [0.15, 0.2) is 28.3 Å². The van der Waals surface area contributed by atoms with Crippen LogP contribution in [0.4, 0.5) is 4.79 Å². The van der Waals surface area contributed by atoms with Crippen LogP contribution in [0.2, 0.25) is 0 Å². The second kappa shape index (κ2) is 6.01. The fraction of sp³-hybridized carbons (Fsp3) is 0.182. The Labute approximate surface area is 112 Å². The molecule has 0 unspecified atom stereocenters. The molecule has 0 radical (unpaired) electrons. The molecule has 0 fully saturated rings. The molecule has 0 aliphatic carbocycles. The number of nitrogens with one attached hydrogen (secondary N) is 2. The van der Waals surface area contributed by atoms with Crippen molar-refractivity contribution in [2.24, 2.45) is 0 Å². The highest BCUT2D eigenvalue weighted by molar-refractivity contribution is 7.13. The molecule has 0 saturated carbocycles. The summed E-state index contributed by atoms with van der Waals surface area (Å²) in [4.78, 5) is 26.8. The lowest BCUT2D eigenvalue weighted by atomic mass is 10.3.